The smallest absolute Gasteiger partial charge is 0.322 e. The maximum absolute atomic E-state index is 13.1. The Kier molecular flexibility index (Phi) is 5.56. The third-order valence-corrected chi connectivity index (χ3v) is 6.20. The number of carbonyl (C=O) groups excluding carboxylic acids is 2. The van der Waals surface area contributed by atoms with Gasteiger partial charge in [0, 0.05) is 24.3 Å². The third kappa shape index (κ3) is 4.28. The first kappa shape index (κ1) is 19.5. The van der Waals surface area contributed by atoms with E-state index in [1.54, 1.807) is 29.1 Å². The lowest BCUT2D eigenvalue weighted by Crippen LogP contribution is -2.39. The molecule has 29 heavy (non-hydrogen) atoms. The Labute approximate surface area is 171 Å². The number of nitrogens with zero attached hydrogens (tertiary/aromatic N) is 3. The Morgan fingerprint density at radius 1 is 1.21 bits per heavy atom. The number of amides is 3. The largest absolute Gasteiger partial charge is 0.366 e. The molecule has 1 unspecified atom stereocenters. The van der Waals surface area contributed by atoms with Crippen LogP contribution in [0.25, 0.3) is 5.69 Å². The van der Waals surface area contributed by atoms with Gasteiger partial charge in [0.15, 0.2) is 0 Å². The van der Waals surface area contributed by atoms with Gasteiger partial charge in [-0.1, -0.05) is 25.7 Å². The summed E-state index contributed by atoms with van der Waals surface area (Å²) in [5.74, 6) is 0.221. The van der Waals surface area contributed by atoms with E-state index in [-0.39, 0.29) is 6.03 Å². The molecule has 2 fully saturated rings. The lowest BCUT2D eigenvalue weighted by Gasteiger charge is -2.27. The fourth-order valence-corrected chi connectivity index (χ4v) is 4.70. The quantitative estimate of drug-likeness (QED) is 0.805. The monoisotopic (exact) mass is 395 g/mol. The van der Waals surface area contributed by atoms with E-state index in [1.165, 1.54) is 25.7 Å². The van der Waals surface area contributed by atoms with Crippen molar-refractivity contribution in [2.75, 3.05) is 11.9 Å². The number of primary amides is 1. The molecule has 0 spiro atoms. The van der Waals surface area contributed by atoms with E-state index in [2.05, 4.69) is 10.4 Å². The number of carbonyl (C=O) groups is 2. The van der Waals surface area contributed by atoms with Gasteiger partial charge in [0.2, 0.25) is 5.91 Å². The minimum atomic E-state index is -0.524. The number of rotatable bonds is 5. The number of benzene rings is 1. The number of nitrogens with two attached hydrogens (primary N) is 1. The summed E-state index contributed by atoms with van der Waals surface area (Å²) in [6, 6.07) is 5.24. The number of aryl methyl sites for hydroxylation is 1. The van der Waals surface area contributed by atoms with Crippen molar-refractivity contribution in [3.05, 3.63) is 41.7 Å². The van der Waals surface area contributed by atoms with Gasteiger partial charge in [-0.15, -0.1) is 0 Å². The van der Waals surface area contributed by atoms with E-state index in [0.717, 1.165) is 37.3 Å². The molecular weight excluding hydrogens is 366 g/mol. The van der Waals surface area contributed by atoms with Gasteiger partial charge in [-0.25, -0.2) is 9.48 Å². The van der Waals surface area contributed by atoms with Crippen LogP contribution in [-0.2, 0) is 0 Å². The molecule has 3 N–H and O–H groups in total. The number of likely N-dealkylation sites (tertiary alicyclic amines) is 1. The molecule has 7 nitrogen and oxygen atoms in total. The first-order valence-corrected chi connectivity index (χ1v) is 10.5. The van der Waals surface area contributed by atoms with Crippen LogP contribution in [0.4, 0.5) is 10.5 Å². The Morgan fingerprint density at radius 2 is 2.00 bits per heavy atom. The van der Waals surface area contributed by atoms with Gasteiger partial charge in [0.1, 0.15) is 0 Å². The van der Waals surface area contributed by atoms with E-state index in [1.807, 2.05) is 18.0 Å². The van der Waals surface area contributed by atoms with E-state index in [0.29, 0.717) is 23.0 Å². The minimum absolute atomic E-state index is 0.114. The average Bonchev–Trinajstić information content (AvgIpc) is 3.44. The highest BCUT2D eigenvalue weighted by Gasteiger charge is 2.32. The zero-order chi connectivity index (χ0) is 20.4. The van der Waals surface area contributed by atoms with Gasteiger partial charge in [-0.2, -0.15) is 5.10 Å². The molecule has 1 saturated carbocycles. The normalized spacial score (nSPS) is 19.6. The second kappa shape index (κ2) is 8.27. The molecule has 0 radical (unpaired) electrons. The molecular formula is C22H29N5O2. The molecule has 0 bridgehead atoms. The number of urea groups is 1. The van der Waals surface area contributed by atoms with Crippen molar-refractivity contribution in [2.45, 2.75) is 57.9 Å². The van der Waals surface area contributed by atoms with Crippen LogP contribution in [0.3, 0.4) is 0 Å². The molecule has 3 amide bonds. The van der Waals surface area contributed by atoms with Crippen molar-refractivity contribution < 1.29 is 9.59 Å². The predicted molar refractivity (Wildman–Crippen MR) is 112 cm³/mol. The summed E-state index contributed by atoms with van der Waals surface area (Å²) in [7, 11) is 0. The number of aromatic nitrogens is 2. The summed E-state index contributed by atoms with van der Waals surface area (Å²) >= 11 is 0. The van der Waals surface area contributed by atoms with Gasteiger partial charge in [-0.3, -0.25) is 4.79 Å². The van der Waals surface area contributed by atoms with Crippen molar-refractivity contribution >= 4 is 17.6 Å². The topological polar surface area (TPSA) is 93.2 Å². The van der Waals surface area contributed by atoms with E-state index >= 15 is 0 Å². The maximum Gasteiger partial charge on any atom is 0.322 e. The van der Waals surface area contributed by atoms with Crippen LogP contribution in [0, 0.1) is 12.8 Å². The Bertz CT molecular complexity index is 900. The number of hydrogen-bond donors (Lipinski definition) is 2. The summed E-state index contributed by atoms with van der Waals surface area (Å²) in [5, 5.41) is 7.37. The standard InChI is InChI=1S/C22H29N5O2/c1-15-13-24-27(14-15)20-9-8-17(21(23)28)12-19(20)25-22(29)26-10-4-7-18(26)11-16-5-2-3-6-16/h8-9,12-14,16,18H,2-7,10-11H2,1H3,(H2,23,28)(H,25,29). The van der Waals surface area contributed by atoms with Gasteiger partial charge < -0.3 is 16.0 Å². The summed E-state index contributed by atoms with van der Waals surface area (Å²) in [6.45, 7) is 2.73. The summed E-state index contributed by atoms with van der Waals surface area (Å²) in [5.41, 5.74) is 8.08. The van der Waals surface area contributed by atoms with Gasteiger partial charge in [-0.05, 0) is 55.9 Å². The molecule has 7 heteroatoms. The summed E-state index contributed by atoms with van der Waals surface area (Å²) < 4.78 is 1.70. The Morgan fingerprint density at radius 3 is 2.69 bits per heavy atom. The first-order chi connectivity index (χ1) is 14.0. The molecule has 2 aliphatic rings. The maximum atomic E-state index is 13.1. The highest BCUT2D eigenvalue weighted by Crippen LogP contribution is 2.33. The predicted octanol–water partition coefficient (Wildman–Crippen LogP) is 3.86. The Hall–Kier alpha value is -2.83. The highest BCUT2D eigenvalue weighted by molar-refractivity contribution is 5.97. The van der Waals surface area contributed by atoms with Crippen LogP contribution in [0.5, 0.6) is 0 Å². The lowest BCUT2D eigenvalue weighted by molar-refractivity contribution is 0.1000. The highest BCUT2D eigenvalue weighted by atomic mass is 16.2. The zero-order valence-electron chi connectivity index (χ0n) is 16.9. The lowest BCUT2D eigenvalue weighted by atomic mass is 9.97. The van der Waals surface area contributed by atoms with Crippen LogP contribution in [-0.4, -0.2) is 39.2 Å². The van der Waals surface area contributed by atoms with Crippen LogP contribution in [0.2, 0.25) is 0 Å². The molecule has 1 aromatic heterocycles. The second-order valence-corrected chi connectivity index (χ2v) is 8.36. The van der Waals surface area contributed by atoms with Crippen molar-refractivity contribution in [1.82, 2.24) is 14.7 Å². The van der Waals surface area contributed by atoms with E-state index < -0.39 is 5.91 Å². The Balaban J connectivity index is 1.56. The number of hydrogen-bond acceptors (Lipinski definition) is 3. The second-order valence-electron chi connectivity index (χ2n) is 8.36. The molecule has 2 heterocycles. The molecule has 1 atom stereocenters. The van der Waals surface area contributed by atoms with Crippen molar-refractivity contribution in [1.29, 1.82) is 0 Å². The summed E-state index contributed by atoms with van der Waals surface area (Å²) in [6.07, 6.45) is 12.0. The fraction of sp³-hybridized carbons (Fsp3) is 0.500. The summed E-state index contributed by atoms with van der Waals surface area (Å²) in [4.78, 5) is 26.8. The molecule has 2 aromatic rings. The fourth-order valence-electron chi connectivity index (χ4n) is 4.70. The van der Waals surface area contributed by atoms with Crippen molar-refractivity contribution in [2.24, 2.45) is 11.7 Å². The molecule has 4 rings (SSSR count). The average molecular weight is 396 g/mol. The van der Waals surface area contributed by atoms with Gasteiger partial charge >= 0.3 is 6.03 Å². The van der Waals surface area contributed by atoms with E-state index in [4.69, 9.17) is 5.73 Å². The van der Waals surface area contributed by atoms with Crippen LogP contribution in [0.1, 0.15) is 60.9 Å². The van der Waals surface area contributed by atoms with Crippen molar-refractivity contribution in [3.63, 3.8) is 0 Å². The van der Waals surface area contributed by atoms with Crippen LogP contribution >= 0.6 is 0 Å². The molecule has 1 aliphatic carbocycles. The molecule has 154 valence electrons. The zero-order valence-corrected chi connectivity index (χ0v) is 16.9. The first-order valence-electron chi connectivity index (χ1n) is 10.5. The number of nitrogens with one attached hydrogen (secondary N) is 1. The SMILES string of the molecule is Cc1cnn(-c2ccc(C(N)=O)cc2NC(=O)N2CCCC2CC2CCCC2)c1. The van der Waals surface area contributed by atoms with Gasteiger partial charge in [0.25, 0.3) is 0 Å². The van der Waals surface area contributed by atoms with Crippen LogP contribution in [0.15, 0.2) is 30.6 Å². The molecule has 1 saturated heterocycles. The molecule has 1 aliphatic heterocycles. The third-order valence-electron chi connectivity index (χ3n) is 6.20. The molecule has 1 aromatic carbocycles. The van der Waals surface area contributed by atoms with Crippen LogP contribution < -0.4 is 11.1 Å². The van der Waals surface area contributed by atoms with Crippen molar-refractivity contribution in [3.8, 4) is 5.69 Å². The van der Waals surface area contributed by atoms with E-state index in [9.17, 15) is 9.59 Å². The number of anilines is 1. The minimum Gasteiger partial charge on any atom is -0.366 e. The van der Waals surface area contributed by atoms with Gasteiger partial charge in [0.05, 0.1) is 17.6 Å².